The lowest BCUT2D eigenvalue weighted by atomic mass is 9.73. The Labute approximate surface area is 216 Å². The topological polar surface area (TPSA) is 43.8 Å². The predicted molar refractivity (Wildman–Crippen MR) is 146 cm³/mol. The van der Waals surface area contributed by atoms with E-state index in [-0.39, 0.29) is 5.82 Å². The molecule has 6 heteroatoms. The molecule has 3 aromatic rings. The molecule has 1 aliphatic heterocycles. The predicted octanol–water partition coefficient (Wildman–Crippen LogP) is 7.04. The van der Waals surface area contributed by atoms with Crippen LogP contribution in [0.5, 0.6) is 0 Å². The van der Waals surface area contributed by atoms with Crippen molar-refractivity contribution >= 4 is 28.6 Å². The summed E-state index contributed by atoms with van der Waals surface area (Å²) in [5, 5.41) is 11.3. The fraction of sp³-hybridized carbons (Fsp3) is 0.367. The van der Waals surface area contributed by atoms with Gasteiger partial charge in [0.2, 0.25) is 0 Å². The number of benzene rings is 2. The number of carbonyl (C=O) groups is 1. The number of aromatic carboxylic acids is 1. The standard InChI is InChI=1S/C30H33FN2O2S/c1-30(2)12-11-23(27(18-30)28-17-24(20-36-28)21-3-7-25(31)8-4-21)19-32-13-15-33(16-14-32)26-9-5-22(6-10-26)29(34)35/h3-10,17,20H,11-16,18-19H2,1-2H3,(H,34,35). The van der Waals surface area contributed by atoms with E-state index >= 15 is 0 Å². The van der Waals surface area contributed by atoms with Crippen LogP contribution >= 0.6 is 11.3 Å². The van der Waals surface area contributed by atoms with Crippen molar-refractivity contribution in [3.8, 4) is 11.1 Å². The van der Waals surface area contributed by atoms with Gasteiger partial charge in [0.15, 0.2) is 0 Å². The molecular weight excluding hydrogens is 471 g/mol. The average Bonchev–Trinajstić information content (AvgIpc) is 3.36. The molecule has 2 aromatic carbocycles. The monoisotopic (exact) mass is 504 g/mol. The summed E-state index contributed by atoms with van der Waals surface area (Å²) in [7, 11) is 0. The zero-order valence-corrected chi connectivity index (χ0v) is 21.8. The Balaban J connectivity index is 1.30. The van der Waals surface area contributed by atoms with Gasteiger partial charge in [-0.2, -0.15) is 0 Å². The van der Waals surface area contributed by atoms with Gasteiger partial charge in [-0.15, -0.1) is 11.3 Å². The van der Waals surface area contributed by atoms with Crippen LogP contribution in [0.15, 0.2) is 65.6 Å². The van der Waals surface area contributed by atoms with Gasteiger partial charge < -0.3 is 10.0 Å². The molecule has 2 aliphatic rings. The molecule has 2 heterocycles. The summed E-state index contributed by atoms with van der Waals surface area (Å²) in [5.41, 5.74) is 6.98. The van der Waals surface area contributed by atoms with Crippen LogP contribution in [-0.2, 0) is 0 Å². The third-order valence-electron chi connectivity index (χ3n) is 7.53. The number of nitrogens with zero attached hydrogens (tertiary/aromatic N) is 2. The molecular formula is C30H33FN2O2S. The highest BCUT2D eigenvalue weighted by atomic mass is 32.1. The quantitative estimate of drug-likeness (QED) is 0.391. The summed E-state index contributed by atoms with van der Waals surface area (Å²) < 4.78 is 13.4. The highest BCUT2D eigenvalue weighted by Crippen LogP contribution is 2.45. The smallest absolute Gasteiger partial charge is 0.335 e. The fourth-order valence-corrected chi connectivity index (χ4v) is 6.32. The zero-order chi connectivity index (χ0) is 25.3. The van der Waals surface area contributed by atoms with E-state index in [1.54, 1.807) is 29.0 Å². The maximum absolute atomic E-state index is 13.4. The number of thiophene rings is 1. The highest BCUT2D eigenvalue weighted by molar-refractivity contribution is 7.11. The minimum Gasteiger partial charge on any atom is -0.478 e. The van der Waals surface area contributed by atoms with E-state index in [0.717, 1.165) is 62.4 Å². The first-order valence-corrected chi connectivity index (χ1v) is 13.5. The molecule has 188 valence electrons. The Morgan fingerprint density at radius 3 is 2.36 bits per heavy atom. The molecule has 0 amide bonds. The van der Waals surface area contributed by atoms with Crippen molar-refractivity contribution in [3.05, 3.63) is 81.8 Å². The van der Waals surface area contributed by atoms with Crippen molar-refractivity contribution in [1.82, 2.24) is 4.90 Å². The van der Waals surface area contributed by atoms with E-state index in [4.69, 9.17) is 5.11 Å². The number of halogens is 1. The Morgan fingerprint density at radius 1 is 1.00 bits per heavy atom. The third-order valence-corrected chi connectivity index (χ3v) is 8.52. The number of rotatable bonds is 6. The summed E-state index contributed by atoms with van der Waals surface area (Å²) in [6, 6.07) is 16.3. The van der Waals surface area contributed by atoms with Gasteiger partial charge in [-0.1, -0.05) is 31.6 Å². The van der Waals surface area contributed by atoms with Gasteiger partial charge in [-0.3, -0.25) is 4.90 Å². The molecule has 1 N–H and O–H groups in total. The Bertz CT molecular complexity index is 1250. The van der Waals surface area contributed by atoms with Crippen molar-refractivity contribution in [2.24, 2.45) is 5.41 Å². The van der Waals surface area contributed by atoms with Crippen molar-refractivity contribution < 1.29 is 14.3 Å². The molecule has 0 saturated carbocycles. The second-order valence-corrected chi connectivity index (χ2v) is 11.7. The van der Waals surface area contributed by atoms with E-state index in [9.17, 15) is 9.18 Å². The molecule has 1 saturated heterocycles. The van der Waals surface area contributed by atoms with Crippen molar-refractivity contribution in [1.29, 1.82) is 0 Å². The van der Waals surface area contributed by atoms with E-state index in [1.165, 1.54) is 29.0 Å². The van der Waals surface area contributed by atoms with Gasteiger partial charge in [0.25, 0.3) is 0 Å². The van der Waals surface area contributed by atoms with Crippen LogP contribution in [0.25, 0.3) is 16.7 Å². The molecule has 4 nitrogen and oxygen atoms in total. The number of carboxylic acid groups (broad SMARTS) is 1. The molecule has 0 bridgehead atoms. The first-order valence-electron chi connectivity index (χ1n) is 12.6. The molecule has 1 aliphatic carbocycles. The summed E-state index contributed by atoms with van der Waals surface area (Å²) in [6.45, 7) is 9.60. The second-order valence-electron chi connectivity index (χ2n) is 10.7. The average molecular weight is 505 g/mol. The highest BCUT2D eigenvalue weighted by Gasteiger charge is 2.30. The number of allylic oxidation sites excluding steroid dienone is 1. The van der Waals surface area contributed by atoms with Crippen LogP contribution in [0.2, 0.25) is 0 Å². The Hall–Kier alpha value is -2.96. The van der Waals surface area contributed by atoms with E-state index in [2.05, 4.69) is 35.1 Å². The number of piperazine rings is 1. The number of hydrogen-bond acceptors (Lipinski definition) is 4. The molecule has 1 fully saturated rings. The van der Waals surface area contributed by atoms with Crippen LogP contribution in [0.1, 0.15) is 48.3 Å². The van der Waals surface area contributed by atoms with Crippen LogP contribution in [-0.4, -0.2) is 48.7 Å². The maximum Gasteiger partial charge on any atom is 0.335 e. The molecule has 1 aromatic heterocycles. The Kier molecular flexibility index (Phi) is 7.00. The lowest BCUT2D eigenvalue weighted by Crippen LogP contribution is -2.47. The van der Waals surface area contributed by atoms with E-state index in [0.29, 0.717) is 11.0 Å². The lowest BCUT2D eigenvalue weighted by molar-refractivity contribution is 0.0697. The van der Waals surface area contributed by atoms with Crippen LogP contribution < -0.4 is 4.90 Å². The number of hydrogen-bond donors (Lipinski definition) is 1. The lowest BCUT2D eigenvalue weighted by Gasteiger charge is -2.39. The summed E-state index contributed by atoms with van der Waals surface area (Å²) in [6.07, 6.45) is 3.42. The van der Waals surface area contributed by atoms with Gasteiger partial charge in [-0.05, 0) is 89.2 Å². The van der Waals surface area contributed by atoms with Gasteiger partial charge in [0, 0.05) is 43.3 Å². The number of anilines is 1. The van der Waals surface area contributed by atoms with Gasteiger partial charge in [-0.25, -0.2) is 9.18 Å². The van der Waals surface area contributed by atoms with E-state index < -0.39 is 5.97 Å². The second kappa shape index (κ2) is 10.2. The van der Waals surface area contributed by atoms with Crippen molar-refractivity contribution in [2.75, 3.05) is 37.6 Å². The molecule has 36 heavy (non-hydrogen) atoms. The first kappa shape index (κ1) is 24.7. The minimum atomic E-state index is -0.887. The molecule has 0 atom stereocenters. The normalized spacial score (nSPS) is 18.5. The van der Waals surface area contributed by atoms with Crippen LogP contribution in [0.3, 0.4) is 0 Å². The molecule has 0 radical (unpaired) electrons. The van der Waals surface area contributed by atoms with Gasteiger partial charge in [0.05, 0.1) is 5.56 Å². The van der Waals surface area contributed by atoms with Crippen LogP contribution in [0, 0.1) is 11.2 Å². The van der Waals surface area contributed by atoms with Crippen LogP contribution in [0.4, 0.5) is 10.1 Å². The summed E-state index contributed by atoms with van der Waals surface area (Å²) >= 11 is 1.80. The summed E-state index contributed by atoms with van der Waals surface area (Å²) in [5.74, 6) is -1.09. The third kappa shape index (κ3) is 5.55. The van der Waals surface area contributed by atoms with Crippen molar-refractivity contribution in [3.63, 3.8) is 0 Å². The molecule has 5 rings (SSSR count). The number of carboxylic acids is 1. The summed E-state index contributed by atoms with van der Waals surface area (Å²) in [4.78, 5) is 17.4. The van der Waals surface area contributed by atoms with Crippen molar-refractivity contribution in [2.45, 2.75) is 33.1 Å². The molecule has 0 unspecified atom stereocenters. The largest absolute Gasteiger partial charge is 0.478 e. The Morgan fingerprint density at radius 2 is 1.69 bits per heavy atom. The van der Waals surface area contributed by atoms with Gasteiger partial charge >= 0.3 is 5.97 Å². The van der Waals surface area contributed by atoms with E-state index in [1.807, 2.05) is 24.3 Å². The minimum absolute atomic E-state index is 0.203. The van der Waals surface area contributed by atoms with Gasteiger partial charge in [0.1, 0.15) is 5.82 Å². The maximum atomic E-state index is 13.4. The SMILES string of the molecule is CC1(C)CCC(CN2CCN(c3ccc(C(=O)O)cc3)CC2)=C(c2cc(-c3ccc(F)cc3)cs2)C1. The zero-order valence-electron chi connectivity index (χ0n) is 21.0. The molecule has 0 spiro atoms. The first-order chi connectivity index (χ1) is 17.3. The fourth-order valence-electron chi connectivity index (χ4n) is 5.31.